The van der Waals surface area contributed by atoms with Crippen LogP contribution in [0.2, 0.25) is 0 Å². The second-order valence-corrected chi connectivity index (χ2v) is 5.50. The molecule has 0 fully saturated rings. The summed E-state index contributed by atoms with van der Waals surface area (Å²) in [5, 5.41) is 0. The first-order valence-corrected chi connectivity index (χ1v) is 5.95. The van der Waals surface area contributed by atoms with Crippen LogP contribution in [0, 0.1) is 0 Å². The molecule has 3 rings (SSSR count). The van der Waals surface area contributed by atoms with E-state index < -0.39 is 11.6 Å². The molecule has 0 N–H and O–H groups in total. The van der Waals surface area contributed by atoms with Gasteiger partial charge < -0.3 is 4.42 Å². The molecule has 0 bridgehead atoms. The van der Waals surface area contributed by atoms with Crippen molar-refractivity contribution in [1.29, 1.82) is 0 Å². The maximum Gasteiger partial charge on any atom is 0.271 e. The van der Waals surface area contributed by atoms with E-state index in [-0.39, 0.29) is 16.7 Å². The highest BCUT2D eigenvalue weighted by atomic mass is 16.4. The molecule has 0 saturated heterocycles. The fourth-order valence-electron chi connectivity index (χ4n) is 1.96. The summed E-state index contributed by atoms with van der Waals surface area (Å²) in [4.78, 5) is 32.5. The third kappa shape index (κ3) is 1.62. The molecule has 2 aromatic heterocycles. The van der Waals surface area contributed by atoms with Gasteiger partial charge in [-0.05, 0) is 12.1 Å². The summed E-state index contributed by atoms with van der Waals surface area (Å²) in [5.41, 5.74) is 0.732. The third-order valence-corrected chi connectivity index (χ3v) is 2.96. The molecule has 0 spiro atoms. The number of hydrogen-bond donors (Lipinski definition) is 0. The van der Waals surface area contributed by atoms with Crippen LogP contribution >= 0.6 is 0 Å². The van der Waals surface area contributed by atoms with Gasteiger partial charge in [-0.1, -0.05) is 20.8 Å². The summed E-state index contributed by atoms with van der Waals surface area (Å²) in [7, 11) is 0. The number of oxazole rings is 1. The maximum absolute atomic E-state index is 12.0. The molecule has 0 aromatic carbocycles. The number of nitrogens with zero attached hydrogens (tertiary/aromatic N) is 2. The van der Waals surface area contributed by atoms with Crippen LogP contribution in [0.5, 0.6) is 0 Å². The van der Waals surface area contributed by atoms with Gasteiger partial charge in [-0.15, -0.1) is 0 Å². The highest BCUT2D eigenvalue weighted by Gasteiger charge is 2.37. The van der Waals surface area contributed by atoms with Gasteiger partial charge >= 0.3 is 0 Å². The van der Waals surface area contributed by atoms with Crippen molar-refractivity contribution in [2.45, 2.75) is 26.2 Å². The van der Waals surface area contributed by atoms with E-state index >= 15 is 0 Å². The Labute approximate surface area is 109 Å². The van der Waals surface area contributed by atoms with Gasteiger partial charge in [0.2, 0.25) is 17.4 Å². The second-order valence-electron chi connectivity index (χ2n) is 5.50. The van der Waals surface area contributed by atoms with Crippen molar-refractivity contribution in [1.82, 2.24) is 9.97 Å². The smallest absolute Gasteiger partial charge is 0.271 e. The molecule has 2 aromatic rings. The first-order valence-electron chi connectivity index (χ1n) is 5.95. The monoisotopic (exact) mass is 256 g/mol. The molecule has 0 unspecified atom stereocenters. The number of rotatable bonds is 0. The average molecular weight is 256 g/mol. The lowest BCUT2D eigenvalue weighted by Crippen LogP contribution is -2.20. The maximum atomic E-state index is 12.0. The molecule has 0 aliphatic heterocycles. The van der Waals surface area contributed by atoms with Crippen molar-refractivity contribution in [2.24, 2.45) is 0 Å². The lowest BCUT2D eigenvalue weighted by Gasteiger charge is -2.11. The van der Waals surface area contributed by atoms with Crippen molar-refractivity contribution in [3.63, 3.8) is 0 Å². The van der Waals surface area contributed by atoms with Crippen LogP contribution in [-0.2, 0) is 5.41 Å². The van der Waals surface area contributed by atoms with Crippen LogP contribution in [0.3, 0.4) is 0 Å². The van der Waals surface area contributed by atoms with Crippen molar-refractivity contribution < 1.29 is 14.0 Å². The standard InChI is InChI=1S/C14H12N2O3/c1-14(2,3)13-16-9-8-7(5-4-6-15-8)10(17)11(18)12(9)19-13/h4-6H,1-3H3. The summed E-state index contributed by atoms with van der Waals surface area (Å²) >= 11 is 0. The van der Waals surface area contributed by atoms with Crippen LogP contribution < -0.4 is 0 Å². The number of fused-ring (bicyclic) bond motifs is 3. The summed E-state index contributed by atoms with van der Waals surface area (Å²) in [6, 6.07) is 3.21. The SMILES string of the molecule is CC(C)(C)c1nc2c(o1)C(=O)C(=O)c1cccnc1-2. The first kappa shape index (κ1) is 11.8. The van der Waals surface area contributed by atoms with Gasteiger partial charge in [-0.3, -0.25) is 14.6 Å². The summed E-state index contributed by atoms with van der Waals surface area (Å²) in [5.74, 6) is -0.816. The van der Waals surface area contributed by atoms with E-state index in [1.165, 1.54) is 0 Å². The molecule has 5 heteroatoms. The van der Waals surface area contributed by atoms with E-state index in [9.17, 15) is 9.59 Å². The van der Waals surface area contributed by atoms with Crippen molar-refractivity contribution >= 4 is 11.6 Å². The van der Waals surface area contributed by atoms with Gasteiger partial charge in [0.1, 0.15) is 11.4 Å². The average Bonchev–Trinajstić information content (AvgIpc) is 2.81. The first-order chi connectivity index (χ1) is 8.89. The second kappa shape index (κ2) is 3.60. The Morgan fingerprint density at radius 3 is 2.53 bits per heavy atom. The number of carbonyl (C=O) groups is 2. The third-order valence-electron chi connectivity index (χ3n) is 2.96. The quantitative estimate of drug-likeness (QED) is 0.677. The normalized spacial score (nSPS) is 14.3. The molecule has 0 amide bonds. The Morgan fingerprint density at radius 2 is 1.84 bits per heavy atom. The van der Waals surface area contributed by atoms with Gasteiger partial charge in [0.05, 0.1) is 5.56 Å². The molecule has 0 radical (unpaired) electrons. The van der Waals surface area contributed by atoms with Crippen LogP contribution in [0.25, 0.3) is 11.4 Å². The Morgan fingerprint density at radius 1 is 1.11 bits per heavy atom. The van der Waals surface area contributed by atoms with Crippen molar-refractivity contribution in [2.75, 3.05) is 0 Å². The van der Waals surface area contributed by atoms with Gasteiger partial charge in [0.25, 0.3) is 5.78 Å². The number of ketones is 2. The van der Waals surface area contributed by atoms with Crippen molar-refractivity contribution in [3.05, 3.63) is 35.5 Å². The van der Waals surface area contributed by atoms with E-state index in [2.05, 4.69) is 9.97 Å². The number of hydrogen-bond acceptors (Lipinski definition) is 5. The Kier molecular flexibility index (Phi) is 2.23. The molecule has 1 aliphatic rings. The van der Waals surface area contributed by atoms with E-state index in [1.54, 1.807) is 18.3 Å². The van der Waals surface area contributed by atoms with Crippen LogP contribution in [0.1, 0.15) is 47.6 Å². The van der Waals surface area contributed by atoms with E-state index in [0.29, 0.717) is 17.3 Å². The molecule has 1 aliphatic carbocycles. The molecule has 0 atom stereocenters. The predicted molar refractivity (Wildman–Crippen MR) is 67.1 cm³/mol. The van der Waals surface area contributed by atoms with Crippen molar-refractivity contribution in [3.8, 4) is 11.4 Å². The fourth-order valence-corrected chi connectivity index (χ4v) is 1.96. The molecule has 2 heterocycles. The van der Waals surface area contributed by atoms with E-state index in [0.717, 1.165) is 0 Å². The number of pyridine rings is 1. The van der Waals surface area contributed by atoms with Gasteiger partial charge in [-0.25, -0.2) is 4.98 Å². The van der Waals surface area contributed by atoms with Crippen LogP contribution in [0.4, 0.5) is 0 Å². The highest BCUT2D eigenvalue weighted by molar-refractivity contribution is 6.51. The minimum absolute atomic E-state index is 0.00104. The molecule has 19 heavy (non-hydrogen) atoms. The Bertz CT molecular complexity index is 708. The number of aromatic nitrogens is 2. The molecular formula is C14H12N2O3. The highest BCUT2D eigenvalue weighted by Crippen LogP contribution is 2.34. The predicted octanol–water partition coefficient (Wildman–Crippen LogP) is 2.41. The van der Waals surface area contributed by atoms with Crippen LogP contribution in [-0.4, -0.2) is 21.5 Å². The number of carbonyl (C=O) groups excluding carboxylic acids is 2. The lowest BCUT2D eigenvalue weighted by molar-refractivity contribution is 0.0796. The lowest BCUT2D eigenvalue weighted by atomic mass is 9.95. The minimum atomic E-state index is -0.654. The molecular weight excluding hydrogens is 244 g/mol. The summed E-state index contributed by atoms with van der Waals surface area (Å²) < 4.78 is 5.49. The molecule has 5 nitrogen and oxygen atoms in total. The van der Waals surface area contributed by atoms with E-state index in [1.807, 2.05) is 20.8 Å². The summed E-state index contributed by atoms with van der Waals surface area (Å²) in [6.45, 7) is 5.78. The van der Waals surface area contributed by atoms with E-state index in [4.69, 9.17) is 4.42 Å². The minimum Gasteiger partial charge on any atom is -0.436 e. The Balaban J connectivity index is 2.30. The largest absolute Gasteiger partial charge is 0.436 e. The van der Waals surface area contributed by atoms with Gasteiger partial charge in [-0.2, -0.15) is 0 Å². The number of Topliss-reactive ketones (excluding diaryl/α,β-unsaturated/α-hetero) is 2. The Hall–Kier alpha value is -2.30. The topological polar surface area (TPSA) is 73.1 Å². The van der Waals surface area contributed by atoms with Gasteiger partial charge in [0.15, 0.2) is 0 Å². The fraction of sp³-hybridized carbons (Fsp3) is 0.286. The zero-order valence-corrected chi connectivity index (χ0v) is 10.9. The zero-order valence-electron chi connectivity index (χ0n) is 10.9. The molecule has 0 saturated carbocycles. The zero-order chi connectivity index (χ0) is 13.8. The van der Waals surface area contributed by atoms with Gasteiger partial charge in [0, 0.05) is 11.6 Å². The summed E-state index contributed by atoms with van der Waals surface area (Å²) in [6.07, 6.45) is 1.57. The molecule has 96 valence electrons. The van der Waals surface area contributed by atoms with Crippen LogP contribution in [0.15, 0.2) is 22.7 Å².